The summed E-state index contributed by atoms with van der Waals surface area (Å²) in [7, 11) is 0. The van der Waals surface area contributed by atoms with Crippen molar-refractivity contribution in [3.8, 4) is 0 Å². The van der Waals surface area contributed by atoms with Gasteiger partial charge in [-0.05, 0) is 42.7 Å². The lowest BCUT2D eigenvalue weighted by Crippen LogP contribution is -2.33. The lowest BCUT2D eigenvalue weighted by Gasteiger charge is -2.17. The van der Waals surface area contributed by atoms with Gasteiger partial charge in [-0.1, -0.05) is 30.3 Å². The molecule has 0 atom stereocenters. The minimum absolute atomic E-state index is 0.0282. The largest absolute Gasteiger partial charge is 0.372 e. The predicted molar refractivity (Wildman–Crippen MR) is 99.7 cm³/mol. The Morgan fingerprint density at radius 1 is 0.880 bits per heavy atom. The van der Waals surface area contributed by atoms with Crippen molar-refractivity contribution >= 4 is 23.2 Å². The second kappa shape index (κ2) is 8.33. The lowest BCUT2D eigenvalue weighted by atomic mass is 10.1. The lowest BCUT2D eigenvalue weighted by molar-refractivity contribution is -0.123. The van der Waals surface area contributed by atoms with Crippen LogP contribution in [0.15, 0.2) is 54.6 Å². The zero-order chi connectivity index (χ0) is 17.5. The molecule has 1 saturated heterocycles. The number of anilines is 2. The van der Waals surface area contributed by atoms with E-state index in [0.29, 0.717) is 0 Å². The zero-order valence-corrected chi connectivity index (χ0v) is 14.2. The van der Waals surface area contributed by atoms with Crippen molar-refractivity contribution in [3.63, 3.8) is 0 Å². The van der Waals surface area contributed by atoms with Crippen molar-refractivity contribution in [2.45, 2.75) is 19.3 Å². The van der Waals surface area contributed by atoms with Crippen molar-refractivity contribution in [1.29, 1.82) is 0 Å². The van der Waals surface area contributed by atoms with Gasteiger partial charge < -0.3 is 15.5 Å². The van der Waals surface area contributed by atoms with Crippen LogP contribution in [0.3, 0.4) is 0 Å². The van der Waals surface area contributed by atoms with Gasteiger partial charge in [0.1, 0.15) is 0 Å². The highest BCUT2D eigenvalue weighted by Crippen LogP contribution is 2.21. The van der Waals surface area contributed by atoms with E-state index in [1.807, 2.05) is 54.6 Å². The van der Waals surface area contributed by atoms with Gasteiger partial charge in [-0.2, -0.15) is 0 Å². The molecule has 5 heteroatoms. The van der Waals surface area contributed by atoms with Crippen LogP contribution in [-0.2, 0) is 16.0 Å². The quantitative estimate of drug-likeness (QED) is 0.852. The van der Waals surface area contributed by atoms with Crippen molar-refractivity contribution in [2.75, 3.05) is 29.9 Å². The Labute approximate surface area is 148 Å². The molecular weight excluding hydrogens is 314 g/mol. The van der Waals surface area contributed by atoms with Gasteiger partial charge >= 0.3 is 0 Å². The van der Waals surface area contributed by atoms with Gasteiger partial charge in [-0.3, -0.25) is 9.59 Å². The summed E-state index contributed by atoms with van der Waals surface area (Å²) in [5.41, 5.74) is 2.86. The van der Waals surface area contributed by atoms with Crippen LogP contribution in [-0.4, -0.2) is 31.4 Å². The van der Waals surface area contributed by atoms with Gasteiger partial charge in [0.05, 0.1) is 13.0 Å². The maximum atomic E-state index is 12.0. The Bertz CT molecular complexity index is 707. The fourth-order valence-electron chi connectivity index (χ4n) is 2.96. The van der Waals surface area contributed by atoms with Crippen LogP contribution in [0.25, 0.3) is 0 Å². The number of carbonyl (C=O) groups is 2. The van der Waals surface area contributed by atoms with Crippen LogP contribution >= 0.6 is 0 Å². The third-order valence-electron chi connectivity index (χ3n) is 4.28. The number of hydrogen-bond acceptors (Lipinski definition) is 3. The zero-order valence-electron chi connectivity index (χ0n) is 14.2. The van der Waals surface area contributed by atoms with E-state index in [1.165, 1.54) is 18.5 Å². The molecule has 5 nitrogen and oxygen atoms in total. The molecule has 2 aromatic rings. The van der Waals surface area contributed by atoms with Crippen LogP contribution < -0.4 is 15.5 Å². The molecule has 2 N–H and O–H groups in total. The van der Waals surface area contributed by atoms with Gasteiger partial charge in [0.2, 0.25) is 11.8 Å². The summed E-state index contributed by atoms with van der Waals surface area (Å²) in [6.45, 7) is 2.16. The van der Waals surface area contributed by atoms with E-state index < -0.39 is 0 Å². The molecule has 0 unspecified atom stereocenters. The maximum absolute atomic E-state index is 12.0. The molecule has 1 fully saturated rings. The average Bonchev–Trinajstić information content (AvgIpc) is 3.16. The third kappa shape index (κ3) is 5.08. The molecule has 1 heterocycles. The van der Waals surface area contributed by atoms with Crippen molar-refractivity contribution in [3.05, 3.63) is 60.2 Å². The summed E-state index contributed by atoms with van der Waals surface area (Å²) < 4.78 is 0. The first-order valence-electron chi connectivity index (χ1n) is 8.66. The molecule has 1 aliphatic heterocycles. The van der Waals surface area contributed by atoms with Crippen LogP contribution in [0.2, 0.25) is 0 Å². The topological polar surface area (TPSA) is 61.4 Å². The van der Waals surface area contributed by atoms with Crippen LogP contribution in [0.5, 0.6) is 0 Å². The van der Waals surface area contributed by atoms with E-state index in [4.69, 9.17) is 0 Å². The first-order chi connectivity index (χ1) is 12.2. The first kappa shape index (κ1) is 17.0. The number of hydrogen-bond donors (Lipinski definition) is 2. The van der Waals surface area contributed by atoms with E-state index in [9.17, 15) is 9.59 Å². The Morgan fingerprint density at radius 3 is 2.24 bits per heavy atom. The van der Waals surface area contributed by atoms with Gasteiger partial charge in [0.15, 0.2) is 0 Å². The smallest absolute Gasteiger partial charge is 0.243 e. The number of nitrogens with one attached hydrogen (secondary N) is 2. The Balaban J connectivity index is 1.43. The summed E-state index contributed by atoms with van der Waals surface area (Å²) in [5, 5.41) is 5.45. The summed E-state index contributed by atoms with van der Waals surface area (Å²) in [6.07, 6.45) is 2.75. The molecule has 3 rings (SSSR count). The second-order valence-electron chi connectivity index (χ2n) is 6.23. The molecule has 1 aliphatic rings. The predicted octanol–water partition coefficient (Wildman–Crippen LogP) is 2.58. The summed E-state index contributed by atoms with van der Waals surface area (Å²) >= 11 is 0. The van der Waals surface area contributed by atoms with Gasteiger partial charge in [0, 0.05) is 24.5 Å². The minimum Gasteiger partial charge on any atom is -0.372 e. The number of nitrogens with zero attached hydrogens (tertiary/aromatic N) is 1. The number of rotatable bonds is 6. The maximum Gasteiger partial charge on any atom is 0.243 e. The van der Waals surface area contributed by atoms with Crippen molar-refractivity contribution in [2.24, 2.45) is 0 Å². The Hall–Kier alpha value is -2.82. The molecule has 0 aliphatic carbocycles. The molecule has 0 bridgehead atoms. The highest BCUT2D eigenvalue weighted by Gasteiger charge is 2.12. The van der Waals surface area contributed by atoms with Gasteiger partial charge in [-0.15, -0.1) is 0 Å². The number of carbonyl (C=O) groups excluding carboxylic acids is 2. The third-order valence-corrected chi connectivity index (χ3v) is 4.28. The van der Waals surface area contributed by atoms with Crippen LogP contribution in [0, 0.1) is 0 Å². The molecule has 0 saturated carbocycles. The molecule has 2 amide bonds. The van der Waals surface area contributed by atoms with Gasteiger partial charge in [-0.25, -0.2) is 0 Å². The van der Waals surface area contributed by atoms with E-state index in [0.717, 1.165) is 24.3 Å². The average molecular weight is 337 g/mol. The fourth-order valence-corrected chi connectivity index (χ4v) is 2.96. The second-order valence-corrected chi connectivity index (χ2v) is 6.23. The normalized spacial score (nSPS) is 13.5. The monoisotopic (exact) mass is 337 g/mol. The molecule has 130 valence electrons. The SMILES string of the molecule is O=C(Cc1ccccc1)NCC(=O)Nc1ccc(N2CCCC2)cc1. The van der Waals surface area contributed by atoms with Crippen molar-refractivity contribution in [1.82, 2.24) is 5.32 Å². The first-order valence-corrected chi connectivity index (χ1v) is 8.66. The van der Waals surface area contributed by atoms with Crippen LogP contribution in [0.4, 0.5) is 11.4 Å². The van der Waals surface area contributed by atoms with E-state index in [1.54, 1.807) is 0 Å². The Kier molecular flexibility index (Phi) is 5.67. The van der Waals surface area contributed by atoms with E-state index in [-0.39, 0.29) is 24.8 Å². The molecule has 0 spiro atoms. The summed E-state index contributed by atoms with van der Waals surface area (Å²) in [4.78, 5) is 26.2. The molecule has 0 aromatic heterocycles. The number of amides is 2. The van der Waals surface area contributed by atoms with Crippen molar-refractivity contribution < 1.29 is 9.59 Å². The molecule has 25 heavy (non-hydrogen) atoms. The Morgan fingerprint density at radius 2 is 1.56 bits per heavy atom. The summed E-state index contributed by atoms with van der Waals surface area (Å²) in [6, 6.07) is 17.3. The fraction of sp³-hybridized carbons (Fsp3) is 0.300. The molecule has 0 radical (unpaired) electrons. The van der Waals surface area contributed by atoms with E-state index in [2.05, 4.69) is 15.5 Å². The summed E-state index contributed by atoms with van der Waals surface area (Å²) in [5.74, 6) is -0.388. The standard InChI is InChI=1S/C20H23N3O2/c24-19(14-16-6-2-1-3-7-16)21-15-20(25)22-17-8-10-18(11-9-17)23-12-4-5-13-23/h1-3,6-11H,4-5,12-15H2,(H,21,24)(H,22,25). The number of benzene rings is 2. The minimum atomic E-state index is -0.227. The van der Waals surface area contributed by atoms with E-state index >= 15 is 0 Å². The van der Waals surface area contributed by atoms with Crippen LogP contribution in [0.1, 0.15) is 18.4 Å². The van der Waals surface area contributed by atoms with Gasteiger partial charge in [0.25, 0.3) is 0 Å². The highest BCUT2D eigenvalue weighted by molar-refractivity contribution is 5.94. The highest BCUT2D eigenvalue weighted by atomic mass is 16.2. The molecular formula is C20H23N3O2. The molecule has 2 aromatic carbocycles.